The van der Waals surface area contributed by atoms with E-state index in [1.54, 1.807) is 0 Å². The van der Waals surface area contributed by atoms with Crippen LogP contribution in [0.2, 0.25) is 0 Å². The molecule has 0 radical (unpaired) electrons. The third-order valence-corrected chi connectivity index (χ3v) is 4.09. The quantitative estimate of drug-likeness (QED) is 0.942. The van der Waals surface area contributed by atoms with Crippen molar-refractivity contribution in [2.45, 2.75) is 27.7 Å². The Morgan fingerprint density at radius 2 is 1.61 bits per heavy atom. The predicted molar refractivity (Wildman–Crippen MR) is 93.7 cm³/mol. The maximum atomic E-state index is 5.42. The van der Waals surface area contributed by atoms with Crippen molar-refractivity contribution in [3.05, 3.63) is 40.6 Å². The third-order valence-electron chi connectivity index (χ3n) is 4.09. The van der Waals surface area contributed by atoms with Crippen LogP contribution in [0.4, 0.5) is 17.5 Å². The zero-order valence-electron chi connectivity index (χ0n) is 14.3. The summed E-state index contributed by atoms with van der Waals surface area (Å²) in [6.45, 7) is 11.6. The van der Waals surface area contributed by atoms with Gasteiger partial charge in [0.1, 0.15) is 5.82 Å². The van der Waals surface area contributed by atoms with Gasteiger partial charge in [-0.3, -0.25) is 0 Å². The normalized spacial score (nSPS) is 14.9. The molecule has 1 aliphatic heterocycles. The highest BCUT2D eigenvalue weighted by Crippen LogP contribution is 2.25. The lowest BCUT2D eigenvalue weighted by Crippen LogP contribution is -2.36. The first-order valence-electron chi connectivity index (χ1n) is 8.06. The summed E-state index contributed by atoms with van der Waals surface area (Å²) in [6, 6.07) is 6.38. The molecule has 1 saturated heterocycles. The highest BCUT2D eigenvalue weighted by molar-refractivity contribution is 5.64. The van der Waals surface area contributed by atoms with Crippen molar-refractivity contribution in [3.63, 3.8) is 0 Å². The van der Waals surface area contributed by atoms with Crippen LogP contribution in [0, 0.1) is 27.7 Å². The second-order valence-corrected chi connectivity index (χ2v) is 6.19. The first kappa shape index (κ1) is 15.7. The summed E-state index contributed by atoms with van der Waals surface area (Å²) in [7, 11) is 0. The summed E-state index contributed by atoms with van der Waals surface area (Å²) in [5.74, 6) is 1.62. The van der Waals surface area contributed by atoms with E-state index in [0.29, 0.717) is 5.95 Å². The number of ether oxygens (including phenoxy) is 1. The van der Waals surface area contributed by atoms with Gasteiger partial charge in [0.25, 0.3) is 0 Å². The molecule has 5 heteroatoms. The average Bonchev–Trinajstić information content (AvgIpc) is 2.51. The van der Waals surface area contributed by atoms with Gasteiger partial charge in [-0.25, -0.2) is 4.98 Å². The Bertz CT molecular complexity index is 685. The molecular weight excluding hydrogens is 288 g/mol. The molecule has 1 N–H and O–H groups in total. The maximum absolute atomic E-state index is 5.42. The molecule has 2 aromatic rings. The van der Waals surface area contributed by atoms with Gasteiger partial charge in [-0.15, -0.1) is 0 Å². The molecular formula is C18H24N4O. The van der Waals surface area contributed by atoms with Crippen LogP contribution in [-0.2, 0) is 4.74 Å². The Morgan fingerprint density at radius 1 is 0.957 bits per heavy atom. The van der Waals surface area contributed by atoms with Gasteiger partial charge in [0.15, 0.2) is 0 Å². The van der Waals surface area contributed by atoms with E-state index >= 15 is 0 Å². The van der Waals surface area contributed by atoms with E-state index in [9.17, 15) is 0 Å². The number of aromatic nitrogens is 2. The number of hydrogen-bond acceptors (Lipinski definition) is 5. The van der Waals surface area contributed by atoms with Crippen LogP contribution in [0.25, 0.3) is 0 Å². The second kappa shape index (κ2) is 6.54. The molecule has 1 aromatic carbocycles. The van der Waals surface area contributed by atoms with Gasteiger partial charge in [-0.1, -0.05) is 17.7 Å². The number of morpholine rings is 1. The summed E-state index contributed by atoms with van der Waals surface area (Å²) in [4.78, 5) is 11.5. The van der Waals surface area contributed by atoms with Gasteiger partial charge in [-0.2, -0.15) is 4.98 Å². The van der Waals surface area contributed by atoms with Crippen LogP contribution in [-0.4, -0.2) is 36.3 Å². The third kappa shape index (κ3) is 3.62. The van der Waals surface area contributed by atoms with Gasteiger partial charge in [0.2, 0.25) is 5.95 Å². The highest BCUT2D eigenvalue weighted by atomic mass is 16.5. The number of nitrogens with one attached hydrogen (secondary N) is 1. The van der Waals surface area contributed by atoms with E-state index in [0.717, 1.165) is 43.5 Å². The van der Waals surface area contributed by atoms with E-state index in [1.165, 1.54) is 16.7 Å². The smallest absolute Gasteiger partial charge is 0.229 e. The fraction of sp³-hybridized carbons (Fsp3) is 0.444. The minimum Gasteiger partial charge on any atom is -0.378 e. The van der Waals surface area contributed by atoms with Crippen LogP contribution in [0.1, 0.15) is 22.4 Å². The molecule has 0 unspecified atom stereocenters. The van der Waals surface area contributed by atoms with Gasteiger partial charge >= 0.3 is 0 Å². The monoisotopic (exact) mass is 312 g/mol. The largest absolute Gasteiger partial charge is 0.378 e. The summed E-state index contributed by atoms with van der Waals surface area (Å²) in [6.07, 6.45) is 0. The Hall–Kier alpha value is -2.14. The number of benzene rings is 1. The van der Waals surface area contributed by atoms with Crippen LogP contribution in [0.15, 0.2) is 18.2 Å². The first-order valence-corrected chi connectivity index (χ1v) is 8.06. The van der Waals surface area contributed by atoms with Gasteiger partial charge < -0.3 is 15.0 Å². The SMILES string of the molecule is Cc1cc(C)c(Nc2nc(C)cc(N3CCOCC3)n2)c(C)c1. The van der Waals surface area contributed by atoms with Crippen molar-refractivity contribution in [2.75, 3.05) is 36.5 Å². The lowest BCUT2D eigenvalue weighted by Gasteiger charge is -2.28. The van der Waals surface area contributed by atoms with Crippen molar-refractivity contribution in [3.8, 4) is 0 Å². The van der Waals surface area contributed by atoms with Gasteiger partial charge in [0, 0.05) is 30.5 Å². The van der Waals surface area contributed by atoms with E-state index in [2.05, 4.69) is 48.1 Å². The fourth-order valence-electron chi connectivity index (χ4n) is 3.05. The number of rotatable bonds is 3. The highest BCUT2D eigenvalue weighted by Gasteiger charge is 2.15. The molecule has 1 aromatic heterocycles. The lowest BCUT2D eigenvalue weighted by atomic mass is 10.1. The Kier molecular flexibility index (Phi) is 4.48. The number of nitrogens with zero attached hydrogens (tertiary/aromatic N) is 3. The zero-order valence-corrected chi connectivity index (χ0v) is 14.3. The summed E-state index contributed by atoms with van der Waals surface area (Å²) in [5, 5.41) is 3.41. The summed E-state index contributed by atoms with van der Waals surface area (Å²) >= 11 is 0. The van der Waals surface area contributed by atoms with Crippen molar-refractivity contribution < 1.29 is 4.74 Å². The van der Waals surface area contributed by atoms with Gasteiger partial charge in [-0.05, 0) is 38.8 Å². The first-order chi connectivity index (χ1) is 11.0. The molecule has 0 aliphatic carbocycles. The van der Waals surface area contributed by atoms with Crippen LogP contribution < -0.4 is 10.2 Å². The molecule has 0 atom stereocenters. The Morgan fingerprint density at radius 3 is 2.26 bits per heavy atom. The van der Waals surface area contributed by atoms with Crippen LogP contribution in [0.3, 0.4) is 0 Å². The number of aryl methyl sites for hydroxylation is 4. The van der Waals surface area contributed by atoms with Crippen molar-refractivity contribution in [1.82, 2.24) is 9.97 Å². The Labute approximate surface area is 137 Å². The molecule has 0 spiro atoms. The molecule has 3 rings (SSSR count). The molecule has 1 aliphatic rings. The Balaban J connectivity index is 1.90. The van der Waals surface area contributed by atoms with Crippen molar-refractivity contribution >= 4 is 17.5 Å². The maximum Gasteiger partial charge on any atom is 0.229 e. The molecule has 122 valence electrons. The second-order valence-electron chi connectivity index (χ2n) is 6.19. The van der Waals surface area contributed by atoms with Crippen molar-refractivity contribution in [1.29, 1.82) is 0 Å². The van der Waals surface area contributed by atoms with Crippen molar-refractivity contribution in [2.24, 2.45) is 0 Å². The number of anilines is 3. The molecule has 5 nitrogen and oxygen atoms in total. The molecule has 0 saturated carbocycles. The number of hydrogen-bond donors (Lipinski definition) is 1. The van der Waals surface area contributed by atoms with E-state index in [1.807, 2.05) is 13.0 Å². The van der Waals surface area contributed by atoms with Crippen LogP contribution in [0.5, 0.6) is 0 Å². The topological polar surface area (TPSA) is 50.3 Å². The molecule has 2 heterocycles. The van der Waals surface area contributed by atoms with Gasteiger partial charge in [0.05, 0.1) is 13.2 Å². The minimum absolute atomic E-state index is 0.654. The molecule has 0 amide bonds. The molecule has 1 fully saturated rings. The van der Waals surface area contributed by atoms with E-state index < -0.39 is 0 Å². The van der Waals surface area contributed by atoms with E-state index in [4.69, 9.17) is 9.72 Å². The summed E-state index contributed by atoms with van der Waals surface area (Å²) in [5.41, 5.74) is 5.74. The molecule has 0 bridgehead atoms. The predicted octanol–water partition coefficient (Wildman–Crippen LogP) is 3.29. The van der Waals surface area contributed by atoms with E-state index in [-0.39, 0.29) is 0 Å². The molecule has 23 heavy (non-hydrogen) atoms. The standard InChI is InChI=1S/C18H24N4O/c1-12-9-13(2)17(14(3)10-12)21-18-19-15(4)11-16(20-18)22-5-7-23-8-6-22/h9-11H,5-8H2,1-4H3,(H,19,20,21). The average molecular weight is 312 g/mol. The fourth-order valence-corrected chi connectivity index (χ4v) is 3.05. The zero-order chi connectivity index (χ0) is 16.4. The lowest BCUT2D eigenvalue weighted by molar-refractivity contribution is 0.122. The summed E-state index contributed by atoms with van der Waals surface area (Å²) < 4.78 is 5.42. The van der Waals surface area contributed by atoms with Crippen LogP contribution >= 0.6 is 0 Å². The minimum atomic E-state index is 0.654.